The molecular weight excluding hydrogens is 298 g/mol. The predicted molar refractivity (Wildman–Crippen MR) is 85.8 cm³/mol. The van der Waals surface area contributed by atoms with E-state index in [0.717, 1.165) is 29.2 Å². The van der Waals surface area contributed by atoms with Crippen LogP contribution in [0.25, 0.3) is 10.6 Å². The molecule has 0 radical (unpaired) electrons. The van der Waals surface area contributed by atoms with Crippen molar-refractivity contribution < 1.29 is 4.79 Å². The number of aryl methyl sites for hydroxylation is 2. The number of rotatable bonds is 6. The van der Waals surface area contributed by atoms with Crippen molar-refractivity contribution >= 4 is 17.2 Å². The number of amides is 1. The third kappa shape index (κ3) is 3.25. The van der Waals surface area contributed by atoms with E-state index in [4.69, 9.17) is 0 Å². The molecule has 0 bridgehead atoms. The van der Waals surface area contributed by atoms with Gasteiger partial charge in [0.05, 0.1) is 10.6 Å². The van der Waals surface area contributed by atoms with Gasteiger partial charge in [0.15, 0.2) is 5.69 Å². The van der Waals surface area contributed by atoms with Crippen molar-refractivity contribution in [2.24, 2.45) is 0 Å². The van der Waals surface area contributed by atoms with Gasteiger partial charge in [0, 0.05) is 25.0 Å². The molecule has 3 aromatic heterocycles. The summed E-state index contributed by atoms with van der Waals surface area (Å²) >= 11 is 1.61. The minimum atomic E-state index is -0.156. The molecule has 3 rings (SSSR count). The van der Waals surface area contributed by atoms with Crippen molar-refractivity contribution in [2.45, 2.75) is 19.9 Å². The zero-order valence-electron chi connectivity index (χ0n) is 12.2. The summed E-state index contributed by atoms with van der Waals surface area (Å²) in [5.74, 6) is -0.156. The molecule has 0 unspecified atom stereocenters. The van der Waals surface area contributed by atoms with Gasteiger partial charge in [-0.3, -0.25) is 14.6 Å². The fourth-order valence-electron chi connectivity index (χ4n) is 2.15. The molecular formula is C15H17N5OS. The first-order chi connectivity index (χ1) is 10.7. The van der Waals surface area contributed by atoms with Gasteiger partial charge < -0.3 is 5.32 Å². The molecule has 6 nitrogen and oxygen atoms in total. The number of nitrogens with zero attached hydrogens (tertiary/aromatic N) is 3. The van der Waals surface area contributed by atoms with Gasteiger partial charge >= 0.3 is 0 Å². The van der Waals surface area contributed by atoms with Crippen LogP contribution in [0.4, 0.5) is 0 Å². The molecule has 0 saturated carbocycles. The molecule has 0 spiro atoms. The van der Waals surface area contributed by atoms with Gasteiger partial charge in [-0.15, -0.1) is 11.3 Å². The van der Waals surface area contributed by atoms with Gasteiger partial charge in [-0.05, 0) is 36.9 Å². The fraction of sp³-hybridized carbons (Fsp3) is 0.267. The van der Waals surface area contributed by atoms with Crippen LogP contribution in [0.3, 0.4) is 0 Å². The van der Waals surface area contributed by atoms with Crippen molar-refractivity contribution in [3.8, 4) is 10.6 Å². The summed E-state index contributed by atoms with van der Waals surface area (Å²) in [6.07, 6.45) is 2.61. The average molecular weight is 315 g/mol. The predicted octanol–water partition coefficient (Wildman–Crippen LogP) is 2.46. The van der Waals surface area contributed by atoms with Crippen molar-refractivity contribution in [1.82, 2.24) is 25.3 Å². The van der Waals surface area contributed by atoms with E-state index in [1.165, 1.54) is 0 Å². The third-order valence-corrected chi connectivity index (χ3v) is 4.26. The molecule has 22 heavy (non-hydrogen) atoms. The molecule has 2 N–H and O–H groups in total. The third-order valence-electron chi connectivity index (χ3n) is 3.36. The number of H-pyrrole nitrogens is 1. The topological polar surface area (TPSA) is 75.6 Å². The molecule has 0 atom stereocenters. The molecule has 3 aromatic rings. The molecule has 0 aliphatic carbocycles. The largest absolute Gasteiger partial charge is 0.351 e. The number of hydrogen-bond donors (Lipinski definition) is 2. The van der Waals surface area contributed by atoms with Crippen LogP contribution in [0.1, 0.15) is 22.6 Å². The lowest BCUT2D eigenvalue weighted by molar-refractivity contribution is 0.0947. The second-order valence-corrected chi connectivity index (χ2v) is 5.90. The maximum Gasteiger partial charge on any atom is 0.271 e. The Morgan fingerprint density at radius 3 is 3.09 bits per heavy atom. The van der Waals surface area contributed by atoms with Crippen molar-refractivity contribution in [2.75, 3.05) is 6.54 Å². The van der Waals surface area contributed by atoms with Crippen LogP contribution in [0.5, 0.6) is 0 Å². The fourth-order valence-corrected chi connectivity index (χ4v) is 2.84. The highest BCUT2D eigenvalue weighted by molar-refractivity contribution is 7.13. The summed E-state index contributed by atoms with van der Waals surface area (Å²) in [5, 5.41) is 16.0. The van der Waals surface area contributed by atoms with E-state index < -0.39 is 0 Å². The highest BCUT2D eigenvalue weighted by Crippen LogP contribution is 2.22. The quantitative estimate of drug-likeness (QED) is 0.686. The van der Waals surface area contributed by atoms with Gasteiger partial charge in [0.25, 0.3) is 5.91 Å². The highest BCUT2D eigenvalue weighted by Gasteiger charge is 2.11. The van der Waals surface area contributed by atoms with E-state index >= 15 is 0 Å². The maximum atomic E-state index is 12.0. The van der Waals surface area contributed by atoms with Crippen LogP contribution in [0.15, 0.2) is 35.8 Å². The van der Waals surface area contributed by atoms with Crippen LogP contribution in [-0.2, 0) is 6.54 Å². The summed E-state index contributed by atoms with van der Waals surface area (Å²) in [7, 11) is 0. The Morgan fingerprint density at radius 2 is 2.36 bits per heavy atom. The Kier molecular flexibility index (Phi) is 4.34. The molecule has 1 amide bonds. The van der Waals surface area contributed by atoms with Gasteiger partial charge in [-0.2, -0.15) is 10.2 Å². The molecule has 0 aliphatic rings. The second kappa shape index (κ2) is 6.57. The highest BCUT2D eigenvalue weighted by atomic mass is 32.1. The molecule has 0 aliphatic heterocycles. The second-order valence-electron chi connectivity index (χ2n) is 4.95. The van der Waals surface area contributed by atoms with Gasteiger partial charge in [0.2, 0.25) is 0 Å². The van der Waals surface area contributed by atoms with Crippen LogP contribution in [0.2, 0.25) is 0 Å². The lowest BCUT2D eigenvalue weighted by Gasteiger charge is -2.05. The number of nitrogens with one attached hydrogen (secondary N) is 2. The minimum absolute atomic E-state index is 0.156. The molecule has 3 heterocycles. The number of hydrogen-bond acceptors (Lipinski definition) is 4. The Balaban J connectivity index is 1.49. The van der Waals surface area contributed by atoms with E-state index in [1.54, 1.807) is 23.6 Å². The number of carbonyl (C=O) groups is 1. The summed E-state index contributed by atoms with van der Waals surface area (Å²) in [6, 6.07) is 7.71. The van der Waals surface area contributed by atoms with E-state index in [9.17, 15) is 4.79 Å². The normalized spacial score (nSPS) is 10.8. The number of thiophene rings is 1. The van der Waals surface area contributed by atoms with E-state index in [2.05, 4.69) is 20.6 Å². The van der Waals surface area contributed by atoms with E-state index in [0.29, 0.717) is 12.2 Å². The zero-order valence-corrected chi connectivity index (χ0v) is 13.1. The molecule has 114 valence electrons. The Morgan fingerprint density at radius 1 is 1.45 bits per heavy atom. The first kappa shape index (κ1) is 14.5. The van der Waals surface area contributed by atoms with Crippen molar-refractivity contribution in [1.29, 1.82) is 0 Å². The van der Waals surface area contributed by atoms with Crippen molar-refractivity contribution in [3.05, 3.63) is 47.2 Å². The number of carbonyl (C=O) groups excluding carboxylic acids is 1. The summed E-state index contributed by atoms with van der Waals surface area (Å²) in [5.41, 5.74) is 2.41. The molecule has 0 saturated heterocycles. The van der Waals surface area contributed by atoms with Crippen molar-refractivity contribution in [3.63, 3.8) is 0 Å². The Labute approximate surface area is 132 Å². The summed E-state index contributed by atoms with van der Waals surface area (Å²) in [6.45, 7) is 3.40. The Bertz CT molecular complexity index is 744. The smallest absolute Gasteiger partial charge is 0.271 e. The molecule has 0 fully saturated rings. The van der Waals surface area contributed by atoms with Crippen LogP contribution in [-0.4, -0.2) is 32.4 Å². The first-order valence-corrected chi connectivity index (χ1v) is 7.98. The molecule has 7 heteroatoms. The summed E-state index contributed by atoms with van der Waals surface area (Å²) in [4.78, 5) is 13.1. The van der Waals surface area contributed by atoms with Gasteiger partial charge in [0.1, 0.15) is 0 Å². The lowest BCUT2D eigenvalue weighted by Crippen LogP contribution is -2.25. The van der Waals surface area contributed by atoms with Crippen LogP contribution in [0, 0.1) is 6.92 Å². The van der Waals surface area contributed by atoms with E-state index in [1.807, 2.05) is 35.2 Å². The summed E-state index contributed by atoms with van der Waals surface area (Å²) < 4.78 is 1.93. The van der Waals surface area contributed by atoms with E-state index in [-0.39, 0.29) is 5.91 Å². The standard InChI is InChI=1S/C15H17N5OS/c1-11-5-7-17-20(11)8-3-6-16-15(21)13-10-12(18-19-13)14-4-2-9-22-14/h2,4-5,7,9-10H,3,6,8H2,1H3,(H,16,21)(H,18,19). The average Bonchev–Trinajstić information content (AvgIpc) is 3.24. The van der Waals surface area contributed by atoms with Gasteiger partial charge in [-0.25, -0.2) is 0 Å². The number of aromatic amines is 1. The minimum Gasteiger partial charge on any atom is -0.351 e. The first-order valence-electron chi connectivity index (χ1n) is 7.10. The monoisotopic (exact) mass is 315 g/mol. The van der Waals surface area contributed by atoms with Crippen LogP contribution < -0.4 is 5.32 Å². The number of aromatic nitrogens is 4. The SMILES string of the molecule is Cc1ccnn1CCCNC(=O)c1cc(-c2cccs2)[nH]n1. The Hall–Kier alpha value is -2.41. The zero-order chi connectivity index (χ0) is 15.4. The van der Waals surface area contributed by atoms with Crippen LogP contribution >= 0.6 is 11.3 Å². The lowest BCUT2D eigenvalue weighted by atomic mass is 10.3. The van der Waals surface area contributed by atoms with Gasteiger partial charge in [-0.1, -0.05) is 6.07 Å². The maximum absolute atomic E-state index is 12.0. The molecule has 0 aromatic carbocycles.